The Balaban J connectivity index is 3.46. The highest BCUT2D eigenvalue weighted by Gasteiger charge is 2.27. The summed E-state index contributed by atoms with van der Waals surface area (Å²) in [4.78, 5) is 25.5. The van der Waals surface area contributed by atoms with Crippen molar-refractivity contribution in [3.8, 4) is 0 Å². The van der Waals surface area contributed by atoms with Gasteiger partial charge >= 0.3 is 26.5 Å². The second-order valence-electron chi connectivity index (χ2n) is 2.93. The van der Waals surface area contributed by atoms with E-state index >= 15 is 0 Å². The lowest BCUT2D eigenvalue weighted by molar-refractivity contribution is 0.0624. The van der Waals surface area contributed by atoms with Gasteiger partial charge in [-0.25, -0.2) is 4.79 Å². The van der Waals surface area contributed by atoms with Crippen LogP contribution in [0.5, 0.6) is 0 Å². The second-order valence-corrected chi connectivity index (χ2v) is 4.94. The molecule has 0 atom stereocenters. The molecule has 0 saturated carbocycles. The minimum atomic E-state index is -5.36. The maximum absolute atomic E-state index is 11.4. The van der Waals surface area contributed by atoms with Crippen molar-refractivity contribution < 1.29 is 34.5 Å². The number of aromatic amines is 2. The molecule has 1 heterocycles. The fourth-order valence-electron chi connectivity index (χ4n) is 0.937. The molecule has 0 radical (unpaired) electrons. The molecule has 1 aromatic rings. The van der Waals surface area contributed by atoms with Gasteiger partial charge in [0.25, 0.3) is 5.56 Å². The Hall–Kier alpha value is -1.98. The van der Waals surface area contributed by atoms with Gasteiger partial charge in [0.1, 0.15) is 5.82 Å². The predicted molar refractivity (Wildman–Crippen MR) is 59.8 cm³/mol. The molecule has 0 bridgehead atoms. The molecule has 0 aliphatic heterocycles. The van der Waals surface area contributed by atoms with E-state index in [0.717, 1.165) is 0 Å². The van der Waals surface area contributed by atoms with Crippen LogP contribution in [0.2, 0.25) is 0 Å². The molecule has 1 aromatic heterocycles. The van der Waals surface area contributed by atoms with E-state index in [1.807, 2.05) is 0 Å². The Bertz CT molecular complexity index is 784. The Morgan fingerprint density at radius 3 is 1.80 bits per heavy atom. The van der Waals surface area contributed by atoms with E-state index in [1.165, 1.54) is 4.98 Å². The first-order chi connectivity index (χ1) is 8.89. The fourth-order valence-corrected chi connectivity index (χ4v) is 1.53. The average Bonchev–Trinajstić information content (AvgIpc) is 2.08. The van der Waals surface area contributed by atoms with E-state index in [9.17, 15) is 26.4 Å². The van der Waals surface area contributed by atoms with Crippen LogP contribution in [-0.2, 0) is 29.4 Å². The van der Waals surface area contributed by atoms with Crippen LogP contribution >= 0.6 is 0 Å². The third kappa shape index (κ3) is 4.60. The van der Waals surface area contributed by atoms with Crippen molar-refractivity contribution in [3.63, 3.8) is 0 Å². The molecule has 0 aliphatic rings. The number of H-pyrrole nitrogens is 2. The molecule has 0 aromatic carbocycles. The molecule has 6 N–H and O–H groups in total. The molecule has 114 valence electrons. The van der Waals surface area contributed by atoms with Crippen LogP contribution in [0, 0.1) is 0 Å². The number of nitrogens with zero attached hydrogens (tertiary/aromatic N) is 1. The van der Waals surface area contributed by atoms with Crippen molar-refractivity contribution in [2.45, 2.75) is 0 Å². The zero-order chi connectivity index (χ0) is 15.7. The summed E-state index contributed by atoms with van der Waals surface area (Å²) >= 11 is 0. The van der Waals surface area contributed by atoms with Gasteiger partial charge in [0.05, 0.1) is 0 Å². The number of nitrogens with one attached hydrogen (secondary N) is 2. The fraction of sp³-hybridized carbons (Fsp3) is 0. The van der Waals surface area contributed by atoms with Crippen molar-refractivity contribution >= 4 is 32.3 Å². The van der Waals surface area contributed by atoms with Gasteiger partial charge in [-0.05, 0) is 0 Å². The third-order valence-corrected chi connectivity index (χ3v) is 2.10. The highest BCUT2D eigenvalue weighted by molar-refractivity contribution is 7.81. The van der Waals surface area contributed by atoms with Crippen LogP contribution in [0.25, 0.3) is 0 Å². The quantitative estimate of drug-likeness (QED) is 0.267. The largest absolute Gasteiger partial charge is 0.420 e. The molecule has 0 saturated heterocycles. The van der Waals surface area contributed by atoms with E-state index in [-0.39, 0.29) is 0 Å². The summed E-state index contributed by atoms with van der Waals surface area (Å²) in [5.74, 6) is -0.883. The lowest BCUT2D eigenvalue weighted by atomic mass is 10.5. The molecule has 0 spiro atoms. The predicted octanol–water partition coefficient (Wildman–Crippen LogP) is -3.08. The smallest absolute Gasteiger partial charge is 0.383 e. The van der Waals surface area contributed by atoms with Crippen LogP contribution in [0.1, 0.15) is 0 Å². The number of nitrogen functional groups attached to an aromatic ring is 1. The molecule has 14 nitrogen and oxygen atoms in total. The maximum Gasteiger partial charge on any atom is 0.420 e. The lowest BCUT2D eigenvalue weighted by Crippen LogP contribution is -2.37. The lowest BCUT2D eigenvalue weighted by Gasteiger charge is -2.17. The van der Waals surface area contributed by atoms with Crippen molar-refractivity contribution in [1.29, 1.82) is 0 Å². The van der Waals surface area contributed by atoms with E-state index in [2.05, 4.69) is 8.57 Å². The highest BCUT2D eigenvalue weighted by Crippen LogP contribution is 2.17. The van der Waals surface area contributed by atoms with Crippen molar-refractivity contribution in [2.24, 2.45) is 0 Å². The number of aromatic nitrogens is 2. The minimum absolute atomic E-state index is 0.727. The van der Waals surface area contributed by atoms with Gasteiger partial charge in [-0.1, -0.05) is 13.8 Å². The van der Waals surface area contributed by atoms with Gasteiger partial charge in [-0.15, -0.1) is 0 Å². The number of hydrogen-bond acceptors (Lipinski definition) is 10. The van der Waals surface area contributed by atoms with Crippen LogP contribution < -0.4 is 22.2 Å². The minimum Gasteiger partial charge on any atom is -0.383 e. The molecule has 16 heteroatoms. The van der Waals surface area contributed by atoms with Crippen LogP contribution in [-0.4, -0.2) is 35.9 Å². The Kier molecular flexibility index (Phi) is 4.17. The molecular weight excluding hydrogens is 328 g/mol. The number of rotatable bonds is 5. The van der Waals surface area contributed by atoms with Gasteiger partial charge in [-0.3, -0.25) is 23.9 Å². The summed E-state index contributed by atoms with van der Waals surface area (Å²) in [6.45, 7) is 0. The van der Waals surface area contributed by atoms with Gasteiger partial charge in [0, 0.05) is 0 Å². The highest BCUT2D eigenvalue weighted by atomic mass is 32.3. The first-order valence-electron chi connectivity index (χ1n) is 4.15. The zero-order valence-corrected chi connectivity index (χ0v) is 10.6. The normalized spacial score (nSPS) is 12.3. The number of hydrogen-bond donors (Lipinski definition) is 5. The molecule has 0 unspecified atom stereocenters. The van der Waals surface area contributed by atoms with E-state index in [1.54, 1.807) is 4.98 Å². The molecular formula is C4H6N4O10S2. The Labute approximate surface area is 109 Å². The first-order valence-corrected chi connectivity index (χ1v) is 6.88. The summed E-state index contributed by atoms with van der Waals surface area (Å²) < 4.78 is 66.0. The molecule has 1 rings (SSSR count). The summed E-state index contributed by atoms with van der Waals surface area (Å²) in [6.07, 6.45) is 0. The SMILES string of the molecule is Nc1[nH]c(=O)[nH]c(=O)c1N(OS(=O)(=O)O)OS(=O)(=O)O. The maximum atomic E-state index is 11.4. The second kappa shape index (κ2) is 5.19. The van der Waals surface area contributed by atoms with E-state index in [0.29, 0.717) is 0 Å². The molecule has 0 amide bonds. The van der Waals surface area contributed by atoms with Crippen molar-refractivity contribution in [1.82, 2.24) is 9.97 Å². The third-order valence-electron chi connectivity index (χ3n) is 1.45. The summed E-state index contributed by atoms with van der Waals surface area (Å²) in [6, 6.07) is 0. The van der Waals surface area contributed by atoms with Crippen LogP contribution in [0.15, 0.2) is 9.59 Å². The molecule has 0 fully saturated rings. The van der Waals surface area contributed by atoms with Crippen molar-refractivity contribution in [3.05, 3.63) is 20.8 Å². The molecule has 0 aliphatic carbocycles. The summed E-state index contributed by atoms with van der Waals surface area (Å²) in [7, 11) is -10.7. The topological polar surface area (TPSA) is 222 Å². The standard InChI is InChI=1S/C4H6N4O10S2/c5-2-1(3(9)7-4(10)6-2)8(17-19(11,12)13)18-20(14,15)16/h(H,11,12,13)(H,14,15,16)(H4,5,6,7,9,10). The number of nitrogens with two attached hydrogens (primary N) is 1. The Morgan fingerprint density at radius 1 is 1.00 bits per heavy atom. The number of anilines is 2. The average molecular weight is 334 g/mol. The van der Waals surface area contributed by atoms with Gasteiger partial charge in [0.2, 0.25) is 5.69 Å². The summed E-state index contributed by atoms with van der Waals surface area (Å²) in [5, 5.41) is -0.727. The van der Waals surface area contributed by atoms with Crippen molar-refractivity contribution in [2.75, 3.05) is 11.0 Å². The summed E-state index contributed by atoms with van der Waals surface area (Å²) in [5.41, 5.74) is 1.39. The van der Waals surface area contributed by atoms with Gasteiger partial charge in [0.15, 0.2) is 0 Å². The monoisotopic (exact) mass is 334 g/mol. The molecule has 20 heavy (non-hydrogen) atoms. The van der Waals surface area contributed by atoms with E-state index in [4.69, 9.17) is 14.8 Å². The first kappa shape index (κ1) is 16.1. The zero-order valence-electron chi connectivity index (χ0n) is 9.00. The Morgan fingerprint density at radius 2 is 1.45 bits per heavy atom. The van der Waals surface area contributed by atoms with Gasteiger partial charge < -0.3 is 5.73 Å². The van der Waals surface area contributed by atoms with E-state index < -0.39 is 48.8 Å². The van der Waals surface area contributed by atoms with Crippen LogP contribution in [0.3, 0.4) is 0 Å². The van der Waals surface area contributed by atoms with Gasteiger partial charge in [-0.2, -0.15) is 16.8 Å². The van der Waals surface area contributed by atoms with Crippen LogP contribution in [0.4, 0.5) is 11.5 Å².